The van der Waals surface area contributed by atoms with Gasteiger partial charge >= 0.3 is 0 Å². The van der Waals surface area contributed by atoms with E-state index in [9.17, 15) is 8.78 Å². The summed E-state index contributed by atoms with van der Waals surface area (Å²) in [5, 5.41) is 0. The van der Waals surface area contributed by atoms with Gasteiger partial charge in [0.05, 0.1) is 0 Å². The molecule has 0 aromatic heterocycles. The lowest BCUT2D eigenvalue weighted by Crippen LogP contribution is -2.34. The molecule has 3 rings (SSSR count). The fourth-order valence-corrected chi connectivity index (χ4v) is 5.41. The van der Waals surface area contributed by atoms with Gasteiger partial charge in [-0.15, -0.1) is 0 Å². The normalized spacial score (nSPS) is 27.2. The topological polar surface area (TPSA) is 0 Å². The molecule has 29 heavy (non-hydrogen) atoms. The van der Waals surface area contributed by atoms with Gasteiger partial charge in [0.2, 0.25) is 6.43 Å². The lowest BCUT2D eigenvalue weighted by atomic mass is 9.61. The third kappa shape index (κ3) is 6.03. The molecule has 2 aliphatic rings. The van der Waals surface area contributed by atoms with Crippen LogP contribution in [-0.2, 0) is 0 Å². The number of benzene rings is 1. The Morgan fingerprint density at radius 2 is 1.62 bits per heavy atom. The summed E-state index contributed by atoms with van der Waals surface area (Å²) in [7, 11) is 0. The molecule has 1 saturated carbocycles. The second-order valence-corrected chi connectivity index (χ2v) is 9.26. The molecule has 1 unspecified atom stereocenters. The van der Waals surface area contributed by atoms with Crippen LogP contribution in [0, 0.1) is 17.3 Å². The van der Waals surface area contributed by atoms with E-state index in [1.54, 1.807) is 0 Å². The molecule has 2 aliphatic carbocycles. The number of hydrogen-bond acceptors (Lipinski definition) is 0. The fourth-order valence-electron chi connectivity index (χ4n) is 5.41. The highest BCUT2D eigenvalue weighted by molar-refractivity contribution is 5.75. The van der Waals surface area contributed by atoms with Crippen LogP contribution in [0.1, 0.15) is 89.5 Å². The molecule has 1 atom stereocenters. The van der Waals surface area contributed by atoms with Crippen molar-refractivity contribution in [3.63, 3.8) is 0 Å². The molecular weight excluding hydrogens is 362 g/mol. The van der Waals surface area contributed by atoms with Crippen molar-refractivity contribution in [3.05, 3.63) is 54.1 Å². The van der Waals surface area contributed by atoms with E-state index in [-0.39, 0.29) is 11.3 Å². The van der Waals surface area contributed by atoms with Crippen molar-refractivity contribution in [2.45, 2.75) is 90.4 Å². The van der Waals surface area contributed by atoms with Crippen LogP contribution >= 0.6 is 0 Å². The van der Waals surface area contributed by atoms with Gasteiger partial charge in [-0.05, 0) is 61.0 Å². The first-order chi connectivity index (χ1) is 14.1. The predicted molar refractivity (Wildman–Crippen MR) is 120 cm³/mol. The Morgan fingerprint density at radius 3 is 2.24 bits per heavy atom. The van der Waals surface area contributed by atoms with Crippen molar-refractivity contribution in [2.75, 3.05) is 0 Å². The summed E-state index contributed by atoms with van der Waals surface area (Å²) in [5.41, 5.74) is 2.76. The van der Waals surface area contributed by atoms with Crippen LogP contribution < -0.4 is 0 Å². The van der Waals surface area contributed by atoms with E-state index in [0.717, 1.165) is 19.3 Å². The van der Waals surface area contributed by atoms with E-state index in [1.807, 2.05) is 0 Å². The minimum absolute atomic E-state index is 0.177. The van der Waals surface area contributed by atoms with Crippen LogP contribution in [0.5, 0.6) is 0 Å². The zero-order chi connectivity index (χ0) is 20.5. The maximum Gasteiger partial charge on any atom is 0.241 e. The molecule has 160 valence electrons. The monoisotopic (exact) mass is 400 g/mol. The van der Waals surface area contributed by atoms with E-state index in [2.05, 4.69) is 55.5 Å². The van der Waals surface area contributed by atoms with E-state index in [0.29, 0.717) is 18.8 Å². The Bertz CT molecular complexity index is 652. The molecule has 1 fully saturated rings. The highest BCUT2D eigenvalue weighted by Gasteiger charge is 2.40. The van der Waals surface area contributed by atoms with Gasteiger partial charge in [-0.3, -0.25) is 0 Å². The summed E-state index contributed by atoms with van der Waals surface area (Å²) in [6.07, 6.45) is 18.5. The standard InChI is InChI=1S/C27H38F2/c1-2-3-4-5-6-10-19-27(25-15-13-24(14-16-25)26(28)29)20-17-23(18-21-27)22-11-8-7-9-12-22/h7-9,11-12,17-18,20,24-26H,2-6,10,13-16,19,21H2,1H3. The van der Waals surface area contributed by atoms with Crippen LogP contribution in [0.15, 0.2) is 48.6 Å². The van der Waals surface area contributed by atoms with Crippen LogP contribution in [0.4, 0.5) is 8.78 Å². The highest BCUT2D eigenvalue weighted by atomic mass is 19.3. The number of unbranched alkanes of at least 4 members (excludes halogenated alkanes) is 5. The molecule has 1 aromatic carbocycles. The molecule has 2 heteroatoms. The molecular formula is C27H38F2. The zero-order valence-electron chi connectivity index (χ0n) is 18.1. The summed E-state index contributed by atoms with van der Waals surface area (Å²) in [4.78, 5) is 0. The van der Waals surface area contributed by atoms with Gasteiger partial charge in [-0.25, -0.2) is 8.78 Å². The Hall–Kier alpha value is -1.44. The minimum atomic E-state index is -2.14. The minimum Gasteiger partial charge on any atom is -0.210 e. The number of hydrogen-bond donors (Lipinski definition) is 0. The van der Waals surface area contributed by atoms with E-state index < -0.39 is 6.43 Å². The molecule has 0 amide bonds. The molecule has 1 aromatic rings. The number of rotatable bonds is 10. The summed E-state index contributed by atoms with van der Waals surface area (Å²) in [5.74, 6) is 0.179. The maximum absolute atomic E-state index is 13.2. The smallest absolute Gasteiger partial charge is 0.210 e. The number of halogens is 2. The average Bonchev–Trinajstić information content (AvgIpc) is 2.77. The van der Waals surface area contributed by atoms with Gasteiger partial charge in [0.1, 0.15) is 0 Å². The Labute approximate surface area is 176 Å². The quantitative estimate of drug-likeness (QED) is 0.344. The molecule has 0 bridgehead atoms. The van der Waals surface area contributed by atoms with E-state index >= 15 is 0 Å². The summed E-state index contributed by atoms with van der Waals surface area (Å²) >= 11 is 0. The average molecular weight is 401 g/mol. The van der Waals surface area contributed by atoms with Crippen LogP contribution in [0.2, 0.25) is 0 Å². The molecule has 0 nitrogen and oxygen atoms in total. The van der Waals surface area contributed by atoms with Crippen LogP contribution in [0.3, 0.4) is 0 Å². The zero-order valence-corrected chi connectivity index (χ0v) is 18.1. The van der Waals surface area contributed by atoms with Gasteiger partial charge < -0.3 is 0 Å². The van der Waals surface area contributed by atoms with Gasteiger partial charge in [-0.1, -0.05) is 94.0 Å². The second kappa shape index (κ2) is 11.1. The molecule has 0 heterocycles. The van der Waals surface area contributed by atoms with E-state index in [4.69, 9.17) is 0 Å². The Morgan fingerprint density at radius 1 is 0.931 bits per heavy atom. The van der Waals surface area contributed by atoms with Crippen molar-refractivity contribution < 1.29 is 8.78 Å². The fraction of sp³-hybridized carbons (Fsp3) is 0.630. The lowest BCUT2D eigenvalue weighted by Gasteiger charge is -2.43. The third-order valence-corrected chi connectivity index (χ3v) is 7.34. The maximum atomic E-state index is 13.2. The van der Waals surface area contributed by atoms with Crippen molar-refractivity contribution in [1.82, 2.24) is 0 Å². The highest BCUT2D eigenvalue weighted by Crippen LogP contribution is 2.50. The van der Waals surface area contributed by atoms with Crippen molar-refractivity contribution >= 4 is 5.57 Å². The largest absolute Gasteiger partial charge is 0.241 e. The molecule has 0 radical (unpaired) electrons. The third-order valence-electron chi connectivity index (χ3n) is 7.34. The number of allylic oxidation sites excluding steroid dienone is 4. The van der Waals surface area contributed by atoms with Gasteiger partial charge in [-0.2, -0.15) is 0 Å². The second-order valence-electron chi connectivity index (χ2n) is 9.26. The molecule has 0 spiro atoms. The molecule has 0 aliphatic heterocycles. The van der Waals surface area contributed by atoms with Crippen molar-refractivity contribution in [3.8, 4) is 0 Å². The van der Waals surface area contributed by atoms with Gasteiger partial charge in [0, 0.05) is 5.92 Å². The van der Waals surface area contributed by atoms with Crippen molar-refractivity contribution in [1.29, 1.82) is 0 Å². The lowest BCUT2D eigenvalue weighted by molar-refractivity contribution is 0.0280. The first-order valence-electron chi connectivity index (χ1n) is 11.9. The Balaban J connectivity index is 1.65. The summed E-state index contributed by atoms with van der Waals surface area (Å²) in [6.45, 7) is 2.26. The van der Waals surface area contributed by atoms with Crippen molar-refractivity contribution in [2.24, 2.45) is 17.3 Å². The van der Waals surface area contributed by atoms with Crippen LogP contribution in [-0.4, -0.2) is 6.43 Å². The van der Waals surface area contributed by atoms with Crippen LogP contribution in [0.25, 0.3) is 5.57 Å². The summed E-state index contributed by atoms with van der Waals surface area (Å²) < 4.78 is 26.3. The first kappa shape index (κ1) is 22.2. The summed E-state index contributed by atoms with van der Waals surface area (Å²) in [6, 6.07) is 10.6. The molecule has 0 N–H and O–H groups in total. The predicted octanol–water partition coefficient (Wildman–Crippen LogP) is 8.84. The first-order valence-corrected chi connectivity index (χ1v) is 11.9. The Kier molecular flexibility index (Phi) is 8.51. The van der Waals surface area contributed by atoms with E-state index in [1.165, 1.54) is 56.1 Å². The van der Waals surface area contributed by atoms with Gasteiger partial charge in [0.25, 0.3) is 0 Å². The molecule has 0 saturated heterocycles. The SMILES string of the molecule is CCCCCCCCC1(C2CCC(C(F)F)CC2)C=CC(c2ccccc2)=CC1. The van der Waals surface area contributed by atoms with Gasteiger partial charge in [0.15, 0.2) is 0 Å². The number of alkyl halides is 2.